The molecule has 0 aromatic heterocycles. The van der Waals surface area contributed by atoms with Crippen molar-refractivity contribution in [3.05, 3.63) is 0 Å². The molecule has 0 heterocycles. The van der Waals surface area contributed by atoms with E-state index in [-0.39, 0.29) is 11.2 Å². The van der Waals surface area contributed by atoms with Crippen LogP contribution in [-0.2, 0) is 13.9 Å². The van der Waals surface area contributed by atoms with Gasteiger partial charge in [0.05, 0.1) is 11.2 Å². The fourth-order valence-corrected chi connectivity index (χ4v) is 0.875. The second-order valence-electron chi connectivity index (χ2n) is 4.96. The molecule has 0 aliphatic rings. The van der Waals surface area contributed by atoms with Gasteiger partial charge in [-0.25, -0.2) is 0 Å². The molecule has 5 heteroatoms. The minimum atomic E-state index is -0.821. The SMILES string of the molecule is CC(C)(C)OC(O[Si]O)OC(C)(C)C. The predicted molar refractivity (Wildman–Crippen MR) is 54.5 cm³/mol. The minimum Gasteiger partial charge on any atom is -0.409 e. The largest absolute Gasteiger partial charge is 0.434 e. The van der Waals surface area contributed by atoms with E-state index in [0.717, 1.165) is 0 Å². The molecule has 14 heavy (non-hydrogen) atoms. The first-order valence-electron chi connectivity index (χ1n) is 4.54. The van der Waals surface area contributed by atoms with Gasteiger partial charge in [0.25, 0.3) is 6.48 Å². The van der Waals surface area contributed by atoms with Crippen molar-refractivity contribution in [2.24, 2.45) is 0 Å². The van der Waals surface area contributed by atoms with E-state index in [1.165, 1.54) is 0 Å². The molecule has 0 aromatic rings. The van der Waals surface area contributed by atoms with E-state index in [2.05, 4.69) is 0 Å². The molecule has 84 valence electrons. The molecule has 0 saturated carbocycles. The van der Waals surface area contributed by atoms with E-state index < -0.39 is 16.5 Å². The van der Waals surface area contributed by atoms with E-state index >= 15 is 0 Å². The van der Waals surface area contributed by atoms with Gasteiger partial charge in [-0.1, -0.05) is 0 Å². The maximum absolute atomic E-state index is 8.68. The molecule has 1 N–H and O–H groups in total. The molecule has 0 unspecified atom stereocenters. The van der Waals surface area contributed by atoms with Crippen LogP contribution in [0.2, 0.25) is 0 Å². The van der Waals surface area contributed by atoms with E-state index in [9.17, 15) is 0 Å². The van der Waals surface area contributed by atoms with Gasteiger partial charge in [0.2, 0.25) is 0 Å². The average molecular weight is 220 g/mol. The van der Waals surface area contributed by atoms with Gasteiger partial charge in [-0.05, 0) is 41.5 Å². The van der Waals surface area contributed by atoms with Crippen LogP contribution in [0.4, 0.5) is 0 Å². The van der Waals surface area contributed by atoms with Crippen molar-refractivity contribution in [1.29, 1.82) is 0 Å². The van der Waals surface area contributed by atoms with Crippen LogP contribution in [0.1, 0.15) is 41.5 Å². The molecule has 0 saturated heterocycles. The highest BCUT2D eigenvalue weighted by Gasteiger charge is 2.25. The van der Waals surface area contributed by atoms with Crippen LogP contribution in [0.3, 0.4) is 0 Å². The number of hydrogen-bond donors (Lipinski definition) is 1. The highest BCUT2D eigenvalue weighted by molar-refractivity contribution is 6.15. The lowest BCUT2D eigenvalue weighted by Gasteiger charge is -2.31. The molecule has 0 atom stereocenters. The zero-order chi connectivity index (χ0) is 11.4. The zero-order valence-electron chi connectivity index (χ0n) is 9.75. The first-order chi connectivity index (χ1) is 6.14. The molecule has 2 radical (unpaired) electrons. The summed E-state index contributed by atoms with van der Waals surface area (Å²) >= 11 is 0. The number of ether oxygens (including phenoxy) is 2. The van der Waals surface area contributed by atoms with Crippen molar-refractivity contribution in [3.8, 4) is 0 Å². The third-order valence-electron chi connectivity index (χ3n) is 1.05. The third-order valence-corrected chi connectivity index (χ3v) is 1.35. The van der Waals surface area contributed by atoms with Crippen molar-refractivity contribution in [1.82, 2.24) is 0 Å². The van der Waals surface area contributed by atoms with Gasteiger partial charge in [-0.3, -0.25) is 0 Å². The van der Waals surface area contributed by atoms with Gasteiger partial charge in [-0.15, -0.1) is 0 Å². The summed E-state index contributed by atoms with van der Waals surface area (Å²) in [6.45, 7) is 10.6. The summed E-state index contributed by atoms with van der Waals surface area (Å²) in [6, 6.07) is 0. The summed E-state index contributed by atoms with van der Waals surface area (Å²) in [5.74, 6) is 0. The quantitative estimate of drug-likeness (QED) is 0.575. The summed E-state index contributed by atoms with van der Waals surface area (Å²) in [5, 5.41) is 0. The number of hydrogen-bond acceptors (Lipinski definition) is 4. The van der Waals surface area contributed by atoms with Gasteiger partial charge in [-0.2, -0.15) is 0 Å². The predicted octanol–water partition coefficient (Wildman–Crippen LogP) is 1.44. The molecular formula is C9H20O4Si. The van der Waals surface area contributed by atoms with E-state index in [0.29, 0.717) is 0 Å². The van der Waals surface area contributed by atoms with Crippen LogP contribution < -0.4 is 0 Å². The normalized spacial score (nSPS) is 13.7. The van der Waals surface area contributed by atoms with Crippen LogP contribution in [0, 0.1) is 0 Å². The third kappa shape index (κ3) is 8.65. The van der Waals surface area contributed by atoms with Crippen molar-refractivity contribution < 1.29 is 18.7 Å². The van der Waals surface area contributed by atoms with Gasteiger partial charge in [0.15, 0.2) is 0 Å². The van der Waals surface area contributed by atoms with E-state index in [4.69, 9.17) is 18.7 Å². The smallest absolute Gasteiger partial charge is 0.409 e. The van der Waals surface area contributed by atoms with Crippen molar-refractivity contribution in [2.45, 2.75) is 59.2 Å². The van der Waals surface area contributed by atoms with Crippen LogP contribution >= 0.6 is 0 Å². The van der Waals surface area contributed by atoms with Crippen LogP contribution in [-0.4, -0.2) is 32.5 Å². The molecule has 0 bridgehead atoms. The monoisotopic (exact) mass is 220 g/mol. The van der Waals surface area contributed by atoms with Gasteiger partial charge in [0.1, 0.15) is 0 Å². The molecular weight excluding hydrogens is 200 g/mol. The second kappa shape index (κ2) is 5.23. The minimum absolute atomic E-state index is 0.366. The Morgan fingerprint density at radius 2 is 1.29 bits per heavy atom. The molecule has 0 aliphatic carbocycles. The van der Waals surface area contributed by atoms with Crippen LogP contribution in [0.15, 0.2) is 0 Å². The molecule has 0 rings (SSSR count). The lowest BCUT2D eigenvalue weighted by molar-refractivity contribution is -0.316. The van der Waals surface area contributed by atoms with Crippen molar-refractivity contribution in [3.63, 3.8) is 0 Å². The summed E-state index contributed by atoms with van der Waals surface area (Å²) in [5.41, 5.74) is -0.731. The topological polar surface area (TPSA) is 47.9 Å². The maximum Gasteiger partial charge on any atom is 0.434 e. The lowest BCUT2D eigenvalue weighted by Crippen LogP contribution is -2.37. The van der Waals surface area contributed by atoms with Crippen LogP contribution in [0.5, 0.6) is 0 Å². The Hall–Kier alpha value is 0.0569. The molecule has 0 aliphatic heterocycles. The van der Waals surface area contributed by atoms with Gasteiger partial charge >= 0.3 is 10.0 Å². The van der Waals surface area contributed by atoms with Crippen molar-refractivity contribution >= 4 is 10.0 Å². The highest BCUT2D eigenvalue weighted by atomic mass is 28.2. The molecule has 0 spiro atoms. The Kier molecular flexibility index (Phi) is 5.25. The van der Waals surface area contributed by atoms with Gasteiger partial charge < -0.3 is 18.7 Å². The van der Waals surface area contributed by atoms with Crippen molar-refractivity contribution in [2.75, 3.05) is 0 Å². The Morgan fingerprint density at radius 1 is 0.929 bits per heavy atom. The Bertz CT molecular complexity index is 143. The molecule has 0 fully saturated rings. The summed E-state index contributed by atoms with van der Waals surface area (Å²) < 4.78 is 15.8. The Morgan fingerprint density at radius 3 is 1.50 bits per heavy atom. The fraction of sp³-hybridized carbons (Fsp3) is 1.00. The lowest BCUT2D eigenvalue weighted by atomic mass is 10.2. The second-order valence-corrected chi connectivity index (χ2v) is 5.38. The first kappa shape index (κ1) is 14.1. The molecule has 4 nitrogen and oxygen atoms in total. The van der Waals surface area contributed by atoms with E-state index in [1.807, 2.05) is 41.5 Å². The Labute approximate surface area is 88.6 Å². The Balaban J connectivity index is 4.16. The summed E-state index contributed by atoms with van der Waals surface area (Å²) in [4.78, 5) is 8.68. The summed E-state index contributed by atoms with van der Waals surface area (Å²) in [6.07, 6.45) is 0. The standard InChI is InChI=1S/C9H20O4Si/c1-8(2,3)11-7(13-14-10)12-9(4,5)6/h7,10H,1-6H3. The fourth-order valence-electron chi connectivity index (χ4n) is 0.693. The average Bonchev–Trinajstić information content (AvgIpc) is 1.78. The molecule has 0 amide bonds. The van der Waals surface area contributed by atoms with Gasteiger partial charge in [0, 0.05) is 0 Å². The maximum atomic E-state index is 8.68. The number of rotatable bonds is 4. The van der Waals surface area contributed by atoms with E-state index in [1.54, 1.807) is 0 Å². The summed E-state index contributed by atoms with van der Waals surface area (Å²) in [7, 11) is -0.640. The zero-order valence-corrected chi connectivity index (χ0v) is 10.7. The first-order valence-corrected chi connectivity index (χ1v) is 5.40. The van der Waals surface area contributed by atoms with Crippen LogP contribution in [0.25, 0.3) is 0 Å². The highest BCUT2D eigenvalue weighted by Crippen LogP contribution is 2.17. The molecule has 0 aromatic carbocycles.